The van der Waals surface area contributed by atoms with E-state index in [1.165, 1.54) is 0 Å². The number of nitrogens with one attached hydrogen (secondary N) is 1. The van der Waals surface area contributed by atoms with Crippen LogP contribution < -0.4 is 5.32 Å². The fourth-order valence-electron chi connectivity index (χ4n) is 2.07. The zero-order valence-electron chi connectivity index (χ0n) is 11.1. The van der Waals surface area contributed by atoms with Crippen molar-refractivity contribution < 1.29 is 9.84 Å². The van der Waals surface area contributed by atoms with Gasteiger partial charge in [-0.3, -0.25) is 0 Å². The summed E-state index contributed by atoms with van der Waals surface area (Å²) in [7, 11) is 0. The summed E-state index contributed by atoms with van der Waals surface area (Å²) in [5.41, 5.74) is 1.05. The molecule has 1 saturated heterocycles. The Morgan fingerprint density at radius 2 is 2.44 bits per heavy atom. The lowest BCUT2D eigenvalue weighted by atomic mass is 10.1. The molecule has 1 aromatic heterocycles. The van der Waals surface area contributed by atoms with Crippen LogP contribution in [-0.2, 0) is 11.3 Å². The van der Waals surface area contributed by atoms with Gasteiger partial charge in [0.1, 0.15) is 11.1 Å². The zero-order chi connectivity index (χ0) is 13.0. The number of nitrogens with zero attached hydrogens (tertiary/aromatic N) is 1. The van der Waals surface area contributed by atoms with Crippen LogP contribution in [0.3, 0.4) is 0 Å². The third-order valence-corrected chi connectivity index (χ3v) is 4.31. The summed E-state index contributed by atoms with van der Waals surface area (Å²) in [6, 6.07) is 0.137. The van der Waals surface area contributed by atoms with Crippen LogP contribution in [0, 0.1) is 5.92 Å². The maximum absolute atomic E-state index is 9.25. The Bertz CT molecular complexity index is 362. The summed E-state index contributed by atoms with van der Waals surface area (Å²) in [5.74, 6) is 0.422. The molecule has 0 aromatic carbocycles. The molecule has 4 nitrogen and oxygen atoms in total. The van der Waals surface area contributed by atoms with E-state index in [-0.39, 0.29) is 18.8 Å². The molecule has 5 heteroatoms. The number of hydrogen-bond donors (Lipinski definition) is 2. The molecule has 102 valence electrons. The molecule has 0 aliphatic carbocycles. The van der Waals surface area contributed by atoms with Crippen molar-refractivity contribution in [3.05, 3.63) is 16.1 Å². The molecule has 1 aliphatic heterocycles. The number of hydrogen-bond acceptors (Lipinski definition) is 5. The SMILES string of the molecule is CC(C)[C@@H](CO)NCc1csc([C@H]2CCCO2)n1. The van der Waals surface area contributed by atoms with Gasteiger partial charge in [-0.2, -0.15) is 0 Å². The summed E-state index contributed by atoms with van der Waals surface area (Å²) >= 11 is 1.68. The fourth-order valence-corrected chi connectivity index (χ4v) is 2.97. The highest BCUT2D eigenvalue weighted by atomic mass is 32.1. The molecule has 2 atom stereocenters. The quantitative estimate of drug-likeness (QED) is 0.831. The van der Waals surface area contributed by atoms with Crippen molar-refractivity contribution in [2.75, 3.05) is 13.2 Å². The van der Waals surface area contributed by atoms with Gasteiger partial charge in [-0.15, -0.1) is 11.3 Å². The lowest BCUT2D eigenvalue weighted by Crippen LogP contribution is -2.36. The molecule has 18 heavy (non-hydrogen) atoms. The Kier molecular flexibility index (Phi) is 5.12. The van der Waals surface area contributed by atoms with Gasteiger partial charge in [-0.1, -0.05) is 13.8 Å². The van der Waals surface area contributed by atoms with Crippen molar-refractivity contribution in [3.63, 3.8) is 0 Å². The Labute approximate surface area is 112 Å². The van der Waals surface area contributed by atoms with Gasteiger partial charge in [-0.05, 0) is 18.8 Å². The highest BCUT2D eigenvalue weighted by Crippen LogP contribution is 2.30. The van der Waals surface area contributed by atoms with Crippen LogP contribution in [0.2, 0.25) is 0 Å². The van der Waals surface area contributed by atoms with Gasteiger partial charge in [0.05, 0.1) is 12.3 Å². The van der Waals surface area contributed by atoms with Gasteiger partial charge in [-0.25, -0.2) is 4.98 Å². The smallest absolute Gasteiger partial charge is 0.122 e. The predicted molar refractivity (Wildman–Crippen MR) is 72.6 cm³/mol. The number of ether oxygens (including phenoxy) is 1. The predicted octanol–water partition coefficient (Wildman–Crippen LogP) is 2.10. The zero-order valence-corrected chi connectivity index (χ0v) is 11.9. The molecule has 0 saturated carbocycles. The molecule has 1 aromatic rings. The molecule has 2 rings (SSSR count). The maximum atomic E-state index is 9.25. The van der Waals surface area contributed by atoms with Crippen LogP contribution in [0.25, 0.3) is 0 Å². The summed E-state index contributed by atoms with van der Waals surface area (Å²) in [4.78, 5) is 4.61. The highest BCUT2D eigenvalue weighted by molar-refractivity contribution is 7.09. The van der Waals surface area contributed by atoms with Crippen LogP contribution in [0.15, 0.2) is 5.38 Å². The topological polar surface area (TPSA) is 54.4 Å². The van der Waals surface area contributed by atoms with Crippen molar-refractivity contribution in [3.8, 4) is 0 Å². The van der Waals surface area contributed by atoms with Gasteiger partial charge in [0.15, 0.2) is 0 Å². The normalized spacial score (nSPS) is 21.7. The van der Waals surface area contributed by atoms with E-state index >= 15 is 0 Å². The Balaban J connectivity index is 1.86. The number of aliphatic hydroxyl groups excluding tert-OH is 1. The third kappa shape index (κ3) is 3.51. The summed E-state index contributed by atoms with van der Waals surface area (Å²) in [5, 5.41) is 15.8. The molecule has 2 N–H and O–H groups in total. The summed E-state index contributed by atoms with van der Waals surface area (Å²) < 4.78 is 5.62. The second-order valence-electron chi connectivity index (χ2n) is 5.09. The molecule has 1 fully saturated rings. The fraction of sp³-hybridized carbons (Fsp3) is 0.769. The Hall–Kier alpha value is -0.490. The van der Waals surface area contributed by atoms with Crippen LogP contribution in [0.1, 0.15) is 43.5 Å². The summed E-state index contributed by atoms with van der Waals surface area (Å²) in [6.07, 6.45) is 2.44. The number of thiazole rings is 1. The second-order valence-corrected chi connectivity index (χ2v) is 5.98. The van der Waals surface area contributed by atoms with E-state index in [9.17, 15) is 5.11 Å². The minimum atomic E-state index is 0.137. The average Bonchev–Trinajstić information content (AvgIpc) is 2.99. The highest BCUT2D eigenvalue weighted by Gasteiger charge is 2.21. The first-order chi connectivity index (χ1) is 8.70. The van der Waals surface area contributed by atoms with E-state index < -0.39 is 0 Å². The molecule has 2 heterocycles. The van der Waals surface area contributed by atoms with E-state index in [2.05, 4.69) is 29.5 Å². The lowest BCUT2D eigenvalue weighted by molar-refractivity contribution is 0.111. The van der Waals surface area contributed by atoms with E-state index in [1.807, 2.05) is 0 Å². The molecular weight excluding hydrogens is 248 g/mol. The van der Waals surface area contributed by atoms with Crippen molar-refractivity contribution in [1.82, 2.24) is 10.3 Å². The van der Waals surface area contributed by atoms with Crippen LogP contribution in [0.4, 0.5) is 0 Å². The molecular formula is C13H22N2O2S. The molecule has 1 aliphatic rings. The monoisotopic (exact) mass is 270 g/mol. The van der Waals surface area contributed by atoms with Gasteiger partial charge < -0.3 is 15.2 Å². The van der Waals surface area contributed by atoms with Gasteiger partial charge in [0, 0.05) is 24.6 Å². The van der Waals surface area contributed by atoms with Gasteiger partial charge in [0.25, 0.3) is 0 Å². The van der Waals surface area contributed by atoms with Crippen LogP contribution >= 0.6 is 11.3 Å². The average molecular weight is 270 g/mol. The number of aliphatic hydroxyl groups is 1. The van der Waals surface area contributed by atoms with Crippen molar-refractivity contribution in [1.29, 1.82) is 0 Å². The van der Waals surface area contributed by atoms with Crippen molar-refractivity contribution in [2.45, 2.75) is 45.4 Å². The molecule has 0 radical (unpaired) electrons. The molecule has 0 unspecified atom stereocenters. The first kappa shape index (κ1) is 13.9. The van der Waals surface area contributed by atoms with E-state index in [0.717, 1.165) is 30.2 Å². The number of aromatic nitrogens is 1. The number of rotatable bonds is 6. The molecule has 0 spiro atoms. The maximum Gasteiger partial charge on any atom is 0.122 e. The van der Waals surface area contributed by atoms with Crippen LogP contribution in [-0.4, -0.2) is 29.3 Å². The third-order valence-electron chi connectivity index (χ3n) is 3.32. The van der Waals surface area contributed by atoms with Crippen molar-refractivity contribution in [2.24, 2.45) is 5.92 Å². The first-order valence-corrected chi connectivity index (χ1v) is 7.48. The lowest BCUT2D eigenvalue weighted by Gasteiger charge is -2.19. The van der Waals surface area contributed by atoms with Gasteiger partial charge >= 0.3 is 0 Å². The molecule has 0 amide bonds. The largest absolute Gasteiger partial charge is 0.395 e. The van der Waals surface area contributed by atoms with Crippen LogP contribution in [0.5, 0.6) is 0 Å². The van der Waals surface area contributed by atoms with E-state index in [1.54, 1.807) is 11.3 Å². The standard InChI is InChI=1S/C13H22N2O2S/c1-9(2)11(7-16)14-6-10-8-18-13(15-10)12-4-3-5-17-12/h8-9,11-12,14,16H,3-7H2,1-2H3/t11-,12-/m1/s1. The van der Waals surface area contributed by atoms with Crippen molar-refractivity contribution >= 4 is 11.3 Å². The van der Waals surface area contributed by atoms with E-state index in [4.69, 9.17) is 4.74 Å². The summed E-state index contributed by atoms with van der Waals surface area (Å²) in [6.45, 7) is 5.95. The van der Waals surface area contributed by atoms with Gasteiger partial charge in [0.2, 0.25) is 0 Å². The minimum Gasteiger partial charge on any atom is -0.395 e. The molecule has 0 bridgehead atoms. The first-order valence-electron chi connectivity index (χ1n) is 6.61. The van der Waals surface area contributed by atoms with E-state index in [0.29, 0.717) is 12.5 Å². The minimum absolute atomic E-state index is 0.137. The second kappa shape index (κ2) is 6.61. The Morgan fingerprint density at radius 1 is 1.61 bits per heavy atom. The Morgan fingerprint density at radius 3 is 3.06 bits per heavy atom.